The van der Waals surface area contributed by atoms with E-state index in [4.69, 9.17) is 0 Å². The Kier molecular flexibility index (Phi) is 5.72. The fourth-order valence-corrected chi connectivity index (χ4v) is 3.55. The molecule has 1 aliphatic rings. The molecule has 2 aromatic rings. The molecule has 3 atom stereocenters. The lowest BCUT2D eigenvalue weighted by Crippen LogP contribution is -2.67. The number of carbonyl (C=O) groups excluding carboxylic acids is 1. The van der Waals surface area contributed by atoms with Crippen molar-refractivity contribution < 1.29 is 14.3 Å². The summed E-state index contributed by atoms with van der Waals surface area (Å²) in [5, 5.41) is 22.1. The molecule has 140 valence electrons. The third kappa shape index (κ3) is 3.64. The SMILES string of the molecule is CCCNC(=O)N1[C@H](C#N)[C@H](c2ccc(-c3ccc(F)cc3)cc2)[C@H]1CO. The highest BCUT2D eigenvalue weighted by atomic mass is 19.1. The first-order chi connectivity index (χ1) is 13.1. The summed E-state index contributed by atoms with van der Waals surface area (Å²) in [6.45, 7) is 2.28. The van der Waals surface area contributed by atoms with Crippen molar-refractivity contribution in [1.82, 2.24) is 10.2 Å². The van der Waals surface area contributed by atoms with Gasteiger partial charge in [0.05, 0.1) is 18.7 Å². The van der Waals surface area contributed by atoms with E-state index in [1.54, 1.807) is 12.1 Å². The molecule has 27 heavy (non-hydrogen) atoms. The molecule has 2 aromatic carbocycles. The average Bonchev–Trinajstić information content (AvgIpc) is 2.67. The number of halogens is 1. The fourth-order valence-electron chi connectivity index (χ4n) is 3.55. The molecule has 0 aromatic heterocycles. The Morgan fingerprint density at radius 3 is 2.30 bits per heavy atom. The summed E-state index contributed by atoms with van der Waals surface area (Å²) < 4.78 is 13.1. The monoisotopic (exact) mass is 367 g/mol. The molecule has 0 saturated carbocycles. The van der Waals surface area contributed by atoms with Gasteiger partial charge in [-0.25, -0.2) is 9.18 Å². The van der Waals surface area contributed by atoms with E-state index in [2.05, 4.69) is 11.4 Å². The zero-order valence-electron chi connectivity index (χ0n) is 15.1. The quantitative estimate of drug-likeness (QED) is 0.852. The van der Waals surface area contributed by atoms with Gasteiger partial charge in [0.15, 0.2) is 0 Å². The first-order valence-corrected chi connectivity index (χ1v) is 9.03. The number of benzene rings is 2. The number of carbonyl (C=O) groups is 1. The van der Waals surface area contributed by atoms with Crippen LogP contribution in [-0.4, -0.2) is 41.3 Å². The number of nitriles is 1. The number of rotatable bonds is 5. The lowest BCUT2D eigenvalue weighted by molar-refractivity contribution is 0.0169. The number of aliphatic hydroxyl groups is 1. The number of hydrogen-bond acceptors (Lipinski definition) is 3. The van der Waals surface area contributed by atoms with Crippen LogP contribution in [0.1, 0.15) is 24.8 Å². The summed E-state index contributed by atoms with van der Waals surface area (Å²) in [6.07, 6.45) is 0.800. The van der Waals surface area contributed by atoms with E-state index in [-0.39, 0.29) is 24.4 Å². The molecule has 1 saturated heterocycles. The minimum absolute atomic E-state index is 0.206. The molecule has 0 aliphatic carbocycles. The summed E-state index contributed by atoms with van der Waals surface area (Å²) in [5.74, 6) is -0.524. The van der Waals surface area contributed by atoms with Gasteiger partial charge in [-0.1, -0.05) is 43.3 Å². The second-order valence-electron chi connectivity index (χ2n) is 6.62. The van der Waals surface area contributed by atoms with E-state index < -0.39 is 12.1 Å². The third-order valence-electron chi connectivity index (χ3n) is 4.96. The molecule has 3 rings (SSSR count). The lowest BCUT2D eigenvalue weighted by Gasteiger charge is -2.51. The molecule has 1 fully saturated rings. The number of hydrogen-bond donors (Lipinski definition) is 2. The summed E-state index contributed by atoms with van der Waals surface area (Å²) in [5.41, 5.74) is 2.73. The van der Waals surface area contributed by atoms with Crippen LogP contribution in [-0.2, 0) is 0 Å². The topological polar surface area (TPSA) is 76.4 Å². The smallest absolute Gasteiger partial charge is 0.318 e. The zero-order valence-corrected chi connectivity index (χ0v) is 15.1. The molecule has 5 nitrogen and oxygen atoms in total. The van der Waals surface area contributed by atoms with Crippen LogP contribution in [0.25, 0.3) is 11.1 Å². The van der Waals surface area contributed by atoms with Crippen LogP contribution in [0.15, 0.2) is 48.5 Å². The summed E-state index contributed by atoms with van der Waals surface area (Å²) in [6, 6.07) is 14.7. The Morgan fingerprint density at radius 1 is 1.19 bits per heavy atom. The Morgan fingerprint density at radius 2 is 1.78 bits per heavy atom. The van der Waals surface area contributed by atoms with Gasteiger partial charge in [-0.15, -0.1) is 0 Å². The molecular formula is C21H22FN3O2. The highest BCUT2D eigenvalue weighted by Crippen LogP contribution is 2.40. The van der Waals surface area contributed by atoms with Crippen LogP contribution < -0.4 is 5.32 Å². The molecule has 0 radical (unpaired) electrons. The fraction of sp³-hybridized carbons (Fsp3) is 0.333. The van der Waals surface area contributed by atoms with Crippen molar-refractivity contribution in [3.05, 3.63) is 59.9 Å². The number of likely N-dealkylation sites (tertiary alicyclic amines) is 1. The zero-order chi connectivity index (χ0) is 19.4. The van der Waals surface area contributed by atoms with Gasteiger partial charge < -0.3 is 15.3 Å². The van der Waals surface area contributed by atoms with Crippen LogP contribution in [0.2, 0.25) is 0 Å². The largest absolute Gasteiger partial charge is 0.394 e. The van der Waals surface area contributed by atoms with Gasteiger partial charge in [0.1, 0.15) is 11.9 Å². The van der Waals surface area contributed by atoms with Crippen molar-refractivity contribution in [2.45, 2.75) is 31.3 Å². The Labute approximate surface area is 158 Å². The summed E-state index contributed by atoms with van der Waals surface area (Å²) in [7, 11) is 0. The van der Waals surface area contributed by atoms with Crippen molar-refractivity contribution in [2.75, 3.05) is 13.2 Å². The Bertz CT molecular complexity index is 830. The number of nitrogens with one attached hydrogen (secondary N) is 1. The molecule has 0 spiro atoms. The van der Waals surface area contributed by atoms with E-state index in [9.17, 15) is 19.6 Å². The maximum atomic E-state index is 13.1. The first kappa shape index (κ1) is 18.9. The van der Waals surface area contributed by atoms with Gasteiger partial charge in [-0.05, 0) is 35.2 Å². The number of urea groups is 1. The highest BCUT2D eigenvalue weighted by molar-refractivity contribution is 5.77. The molecule has 1 heterocycles. The predicted octanol–water partition coefficient (Wildman–Crippen LogP) is 3.26. The number of aliphatic hydroxyl groups excluding tert-OH is 1. The van der Waals surface area contributed by atoms with Crippen molar-refractivity contribution in [2.24, 2.45) is 0 Å². The maximum Gasteiger partial charge on any atom is 0.318 e. The van der Waals surface area contributed by atoms with Gasteiger partial charge in [-0.3, -0.25) is 0 Å². The van der Waals surface area contributed by atoms with Gasteiger partial charge in [-0.2, -0.15) is 5.26 Å². The summed E-state index contributed by atoms with van der Waals surface area (Å²) >= 11 is 0. The van der Waals surface area contributed by atoms with Crippen LogP contribution in [0.3, 0.4) is 0 Å². The second-order valence-corrected chi connectivity index (χ2v) is 6.62. The molecular weight excluding hydrogens is 345 g/mol. The Balaban J connectivity index is 1.80. The number of amides is 2. The van der Waals surface area contributed by atoms with Crippen LogP contribution in [0.4, 0.5) is 9.18 Å². The summed E-state index contributed by atoms with van der Waals surface area (Å²) in [4.78, 5) is 13.7. The van der Waals surface area contributed by atoms with Crippen molar-refractivity contribution >= 4 is 6.03 Å². The van der Waals surface area contributed by atoms with Crippen LogP contribution in [0, 0.1) is 17.1 Å². The first-order valence-electron chi connectivity index (χ1n) is 9.03. The van der Waals surface area contributed by atoms with Gasteiger partial charge in [0.25, 0.3) is 0 Å². The lowest BCUT2D eigenvalue weighted by atomic mass is 9.76. The van der Waals surface area contributed by atoms with E-state index in [0.717, 1.165) is 23.1 Å². The molecule has 0 bridgehead atoms. The highest BCUT2D eigenvalue weighted by Gasteiger charge is 2.51. The minimum atomic E-state index is -0.615. The standard InChI is InChI=1S/C21H22FN3O2/c1-2-11-24-21(27)25-18(12-23)20(19(25)13-26)16-5-3-14(4-6-16)15-7-9-17(22)10-8-15/h3-10,18-20,26H,2,11,13H2,1H3,(H,24,27)/t18-,19-,20+/m1/s1. The molecule has 2 amide bonds. The van der Waals surface area contributed by atoms with Crippen molar-refractivity contribution in [3.8, 4) is 17.2 Å². The molecule has 6 heteroatoms. The van der Waals surface area contributed by atoms with E-state index in [0.29, 0.717) is 6.54 Å². The van der Waals surface area contributed by atoms with Crippen molar-refractivity contribution in [3.63, 3.8) is 0 Å². The maximum absolute atomic E-state index is 13.1. The predicted molar refractivity (Wildman–Crippen MR) is 100 cm³/mol. The normalized spacial score (nSPS) is 21.3. The van der Waals surface area contributed by atoms with Gasteiger partial charge in [0.2, 0.25) is 0 Å². The minimum Gasteiger partial charge on any atom is -0.394 e. The van der Waals surface area contributed by atoms with E-state index in [1.165, 1.54) is 17.0 Å². The molecule has 0 unspecified atom stereocenters. The van der Waals surface area contributed by atoms with Crippen LogP contribution in [0.5, 0.6) is 0 Å². The Hall–Kier alpha value is -2.91. The van der Waals surface area contributed by atoms with E-state index in [1.807, 2.05) is 31.2 Å². The van der Waals surface area contributed by atoms with Crippen molar-refractivity contribution in [1.29, 1.82) is 5.26 Å². The van der Waals surface area contributed by atoms with Gasteiger partial charge in [0, 0.05) is 12.5 Å². The third-order valence-corrected chi connectivity index (χ3v) is 4.96. The van der Waals surface area contributed by atoms with Gasteiger partial charge >= 0.3 is 6.03 Å². The second kappa shape index (κ2) is 8.19. The number of nitrogens with zero attached hydrogens (tertiary/aromatic N) is 2. The van der Waals surface area contributed by atoms with E-state index >= 15 is 0 Å². The molecule has 2 N–H and O–H groups in total. The average molecular weight is 367 g/mol. The molecule has 1 aliphatic heterocycles. The van der Waals surface area contributed by atoms with Crippen LogP contribution >= 0.6 is 0 Å².